The van der Waals surface area contributed by atoms with Gasteiger partial charge in [-0.3, -0.25) is 0 Å². The average Bonchev–Trinajstić information content (AvgIpc) is 2.81. The van der Waals surface area contributed by atoms with Gasteiger partial charge in [0.25, 0.3) is 0 Å². The molecule has 0 atom stereocenters. The van der Waals surface area contributed by atoms with Gasteiger partial charge in [-0.25, -0.2) is 0 Å². The van der Waals surface area contributed by atoms with Crippen molar-refractivity contribution in [3.05, 3.63) is 54.1 Å². The lowest BCUT2D eigenvalue weighted by Crippen LogP contribution is -2.46. The molecule has 0 aliphatic heterocycles. The largest absolute Gasteiger partial charge is 0.501 e. The summed E-state index contributed by atoms with van der Waals surface area (Å²) >= 11 is 0. The Morgan fingerprint density at radius 2 is 1.38 bits per heavy atom. The molecule has 4 nitrogen and oxygen atoms in total. The quantitative estimate of drug-likeness (QED) is 0.184. The molecule has 178 valence electrons. The van der Waals surface area contributed by atoms with Crippen LogP contribution in [0.4, 0.5) is 0 Å². The standard InChI is InChI=1S/C27H42O4Si/c1-5-9-10-12-19-25-20-15-21-26(24-17-13-11-14-18-24)27(25)28-22-16-23-32(29-6-2,30-7-3)31-8-4/h11,13-15,17-18,20-21H,5-10,12,16,19,22-23H2,1-4H3. The number of ether oxygens (including phenoxy) is 1. The van der Waals surface area contributed by atoms with Gasteiger partial charge in [-0.05, 0) is 51.2 Å². The molecule has 0 heterocycles. The van der Waals surface area contributed by atoms with E-state index < -0.39 is 8.80 Å². The summed E-state index contributed by atoms with van der Waals surface area (Å²) in [6, 6.07) is 17.8. The first kappa shape index (κ1) is 26.6. The van der Waals surface area contributed by atoms with E-state index in [1.54, 1.807) is 0 Å². The van der Waals surface area contributed by atoms with Gasteiger partial charge in [-0.1, -0.05) is 74.7 Å². The van der Waals surface area contributed by atoms with E-state index in [2.05, 4.69) is 55.5 Å². The Labute approximate surface area is 196 Å². The van der Waals surface area contributed by atoms with Crippen LogP contribution in [-0.2, 0) is 19.7 Å². The molecule has 5 heteroatoms. The maximum atomic E-state index is 6.47. The summed E-state index contributed by atoms with van der Waals surface area (Å²) < 4.78 is 24.4. The Balaban J connectivity index is 2.13. The Kier molecular flexibility index (Phi) is 12.6. The van der Waals surface area contributed by atoms with Crippen molar-refractivity contribution in [2.24, 2.45) is 0 Å². The van der Waals surface area contributed by atoms with E-state index in [1.165, 1.54) is 42.4 Å². The van der Waals surface area contributed by atoms with Crippen molar-refractivity contribution in [1.29, 1.82) is 0 Å². The average molecular weight is 459 g/mol. The lowest BCUT2D eigenvalue weighted by molar-refractivity contribution is 0.0696. The number of benzene rings is 2. The van der Waals surface area contributed by atoms with Gasteiger partial charge in [0.15, 0.2) is 0 Å². The molecule has 0 saturated carbocycles. The van der Waals surface area contributed by atoms with E-state index in [4.69, 9.17) is 18.0 Å². The molecule has 2 aromatic carbocycles. The number of rotatable bonds is 17. The van der Waals surface area contributed by atoms with Crippen LogP contribution in [0.5, 0.6) is 5.75 Å². The molecule has 0 bridgehead atoms. The molecule has 2 aromatic rings. The molecule has 0 amide bonds. The Morgan fingerprint density at radius 1 is 0.688 bits per heavy atom. The van der Waals surface area contributed by atoms with Gasteiger partial charge in [0, 0.05) is 31.4 Å². The maximum Gasteiger partial charge on any atom is 0.501 e. The second kappa shape index (κ2) is 15.2. The lowest BCUT2D eigenvalue weighted by atomic mass is 9.98. The van der Waals surface area contributed by atoms with Crippen molar-refractivity contribution < 1.29 is 18.0 Å². The summed E-state index contributed by atoms with van der Waals surface area (Å²) in [5.41, 5.74) is 3.66. The Hall–Kier alpha value is -1.66. The molecule has 2 rings (SSSR count). The minimum Gasteiger partial charge on any atom is -0.493 e. The fourth-order valence-corrected chi connectivity index (χ4v) is 6.58. The van der Waals surface area contributed by atoms with Crippen LogP contribution < -0.4 is 4.74 Å². The van der Waals surface area contributed by atoms with Crippen molar-refractivity contribution in [3.63, 3.8) is 0 Å². The minimum absolute atomic E-state index is 0.603. The summed E-state index contributed by atoms with van der Waals surface area (Å²) in [4.78, 5) is 0. The predicted octanol–water partition coefficient (Wildman–Crippen LogP) is 7.29. The van der Waals surface area contributed by atoms with Gasteiger partial charge in [-0.15, -0.1) is 0 Å². The van der Waals surface area contributed by atoms with E-state index in [1.807, 2.05) is 20.8 Å². The first-order chi connectivity index (χ1) is 15.7. The highest BCUT2D eigenvalue weighted by molar-refractivity contribution is 6.60. The topological polar surface area (TPSA) is 36.9 Å². The third-order valence-corrected chi connectivity index (χ3v) is 8.60. The van der Waals surface area contributed by atoms with Gasteiger partial charge >= 0.3 is 8.80 Å². The van der Waals surface area contributed by atoms with Crippen LogP contribution in [0.25, 0.3) is 11.1 Å². The van der Waals surface area contributed by atoms with E-state index in [0.717, 1.165) is 24.6 Å². The first-order valence-electron chi connectivity index (χ1n) is 12.4. The van der Waals surface area contributed by atoms with E-state index in [9.17, 15) is 0 Å². The van der Waals surface area contributed by atoms with Crippen LogP contribution in [-0.4, -0.2) is 35.2 Å². The van der Waals surface area contributed by atoms with Crippen LogP contribution in [0.15, 0.2) is 48.5 Å². The fourth-order valence-electron chi connectivity index (χ4n) is 4.00. The number of aryl methyl sites for hydroxylation is 1. The highest BCUT2D eigenvalue weighted by Crippen LogP contribution is 2.34. The molecule has 0 unspecified atom stereocenters. The molecule has 0 fully saturated rings. The predicted molar refractivity (Wildman–Crippen MR) is 135 cm³/mol. The first-order valence-corrected chi connectivity index (χ1v) is 14.3. The van der Waals surface area contributed by atoms with Crippen molar-refractivity contribution in [2.75, 3.05) is 26.4 Å². The Bertz CT molecular complexity index is 734. The van der Waals surface area contributed by atoms with Gasteiger partial charge in [0.2, 0.25) is 0 Å². The zero-order valence-electron chi connectivity index (χ0n) is 20.5. The highest BCUT2D eigenvalue weighted by atomic mass is 28.4. The van der Waals surface area contributed by atoms with Gasteiger partial charge < -0.3 is 18.0 Å². The van der Waals surface area contributed by atoms with E-state index in [-0.39, 0.29) is 0 Å². The summed E-state index contributed by atoms with van der Waals surface area (Å²) in [6.45, 7) is 10.7. The SMILES string of the molecule is CCCCCCc1cccc(-c2ccccc2)c1OCCC[Si](OCC)(OCC)OCC. The van der Waals surface area contributed by atoms with Gasteiger partial charge in [0.1, 0.15) is 5.75 Å². The molecule has 0 radical (unpaired) electrons. The third kappa shape index (κ3) is 8.36. The smallest absolute Gasteiger partial charge is 0.493 e. The molecule has 0 saturated heterocycles. The van der Waals surface area contributed by atoms with Gasteiger partial charge in [0.05, 0.1) is 6.61 Å². The van der Waals surface area contributed by atoms with Crippen LogP contribution in [0, 0.1) is 0 Å². The van der Waals surface area contributed by atoms with Crippen molar-refractivity contribution in [3.8, 4) is 16.9 Å². The summed E-state index contributed by atoms with van der Waals surface area (Å²) in [7, 11) is -2.63. The fraction of sp³-hybridized carbons (Fsp3) is 0.556. The highest BCUT2D eigenvalue weighted by Gasteiger charge is 2.39. The van der Waals surface area contributed by atoms with Crippen LogP contribution in [0.3, 0.4) is 0 Å². The van der Waals surface area contributed by atoms with Crippen LogP contribution in [0.1, 0.15) is 65.4 Å². The minimum atomic E-state index is -2.63. The zero-order chi connectivity index (χ0) is 23.1. The summed E-state index contributed by atoms with van der Waals surface area (Å²) in [5, 5.41) is 0. The van der Waals surface area contributed by atoms with E-state index >= 15 is 0 Å². The number of para-hydroxylation sites is 1. The second-order valence-electron chi connectivity index (χ2n) is 7.90. The molecular weight excluding hydrogens is 416 g/mol. The van der Waals surface area contributed by atoms with Gasteiger partial charge in [-0.2, -0.15) is 0 Å². The Morgan fingerprint density at radius 3 is 2.00 bits per heavy atom. The van der Waals surface area contributed by atoms with Crippen molar-refractivity contribution in [1.82, 2.24) is 0 Å². The van der Waals surface area contributed by atoms with Crippen molar-refractivity contribution in [2.45, 2.75) is 72.3 Å². The van der Waals surface area contributed by atoms with Crippen LogP contribution in [0.2, 0.25) is 6.04 Å². The molecule has 0 N–H and O–H groups in total. The number of hydrogen-bond acceptors (Lipinski definition) is 4. The molecule has 0 aromatic heterocycles. The lowest BCUT2D eigenvalue weighted by Gasteiger charge is -2.28. The number of unbranched alkanes of at least 4 members (excludes halogenated alkanes) is 3. The summed E-state index contributed by atoms with van der Waals surface area (Å²) in [5.74, 6) is 1.02. The zero-order valence-corrected chi connectivity index (χ0v) is 21.5. The second-order valence-corrected chi connectivity index (χ2v) is 10.6. The monoisotopic (exact) mass is 458 g/mol. The molecule has 32 heavy (non-hydrogen) atoms. The molecule has 0 aliphatic rings. The molecule has 0 aliphatic carbocycles. The molecule has 0 spiro atoms. The summed E-state index contributed by atoms with van der Waals surface area (Å²) in [6.07, 6.45) is 6.87. The third-order valence-electron chi connectivity index (χ3n) is 5.45. The normalized spacial score (nSPS) is 11.6. The van der Waals surface area contributed by atoms with Crippen molar-refractivity contribution >= 4 is 8.80 Å². The maximum absolute atomic E-state index is 6.47. The number of hydrogen-bond donors (Lipinski definition) is 0. The van der Waals surface area contributed by atoms with Crippen LogP contribution >= 0.6 is 0 Å². The molecular formula is C27H42O4Si. The van der Waals surface area contributed by atoms with E-state index in [0.29, 0.717) is 26.4 Å².